The molecule has 0 fully saturated rings. The number of halogens is 3. The number of amides is 1. The van der Waals surface area contributed by atoms with Gasteiger partial charge in [-0.3, -0.25) is 4.79 Å². The molecule has 0 aliphatic carbocycles. The summed E-state index contributed by atoms with van der Waals surface area (Å²) in [6.07, 6.45) is -2.46. The fourth-order valence-electron chi connectivity index (χ4n) is 2.05. The van der Waals surface area contributed by atoms with Gasteiger partial charge in [0, 0.05) is 18.0 Å². The first-order chi connectivity index (χ1) is 10.9. The number of hydrogen-bond donors (Lipinski definition) is 2. The van der Waals surface area contributed by atoms with Crippen LogP contribution < -0.4 is 10.6 Å². The van der Waals surface area contributed by atoms with E-state index in [9.17, 15) is 18.0 Å². The van der Waals surface area contributed by atoms with Crippen molar-refractivity contribution in [3.63, 3.8) is 0 Å². The van der Waals surface area contributed by atoms with Crippen molar-refractivity contribution in [1.29, 1.82) is 0 Å². The predicted molar refractivity (Wildman–Crippen MR) is 75.6 cm³/mol. The summed E-state index contributed by atoms with van der Waals surface area (Å²) in [6, 6.07) is 9.50. The molecule has 0 bridgehead atoms. The van der Waals surface area contributed by atoms with E-state index in [1.54, 1.807) is 30.3 Å². The second-order valence-electron chi connectivity index (χ2n) is 4.69. The number of anilines is 1. The highest BCUT2D eigenvalue weighted by Crippen LogP contribution is 2.37. The summed E-state index contributed by atoms with van der Waals surface area (Å²) >= 11 is 0. The third-order valence-corrected chi connectivity index (χ3v) is 3.16. The second kappa shape index (κ2) is 5.34. The summed E-state index contributed by atoms with van der Waals surface area (Å²) in [5, 5.41) is 4.16. The van der Waals surface area contributed by atoms with Crippen LogP contribution in [0.4, 0.5) is 19.1 Å². The maximum Gasteiger partial charge on any atom is 0.442 e. The number of nitrogens with zero attached hydrogens (tertiary/aromatic N) is 3. The summed E-state index contributed by atoms with van der Waals surface area (Å²) < 4.78 is 40.7. The van der Waals surface area contributed by atoms with Crippen molar-refractivity contribution < 1.29 is 18.0 Å². The Morgan fingerprint density at radius 1 is 1.04 bits per heavy atom. The summed E-state index contributed by atoms with van der Waals surface area (Å²) in [4.78, 5) is 23.0. The molecular formula is C14H10F3N5O. The van der Waals surface area contributed by atoms with Crippen LogP contribution in [-0.4, -0.2) is 33.5 Å². The van der Waals surface area contributed by atoms with Gasteiger partial charge in [0.2, 0.25) is 5.95 Å². The lowest BCUT2D eigenvalue weighted by atomic mass is 10.1. The highest BCUT2D eigenvalue weighted by molar-refractivity contribution is 6.16. The highest BCUT2D eigenvalue weighted by atomic mass is 19.4. The summed E-state index contributed by atoms with van der Waals surface area (Å²) in [5.41, 5.74) is -2.80. The van der Waals surface area contributed by atoms with E-state index >= 15 is 0 Å². The monoisotopic (exact) mass is 321 g/mol. The Hall–Kier alpha value is -2.97. The minimum atomic E-state index is -4.98. The zero-order chi connectivity index (χ0) is 16.5. The third-order valence-electron chi connectivity index (χ3n) is 3.16. The maximum absolute atomic E-state index is 13.6. The number of aliphatic imine (C=N–C) groups is 1. The van der Waals surface area contributed by atoms with Gasteiger partial charge in [0.1, 0.15) is 5.84 Å². The molecule has 1 aliphatic heterocycles. The molecule has 23 heavy (non-hydrogen) atoms. The van der Waals surface area contributed by atoms with Crippen molar-refractivity contribution in [1.82, 2.24) is 15.3 Å². The molecule has 0 spiro atoms. The number of aromatic nitrogens is 2. The van der Waals surface area contributed by atoms with Crippen LogP contribution in [0, 0.1) is 0 Å². The van der Waals surface area contributed by atoms with Gasteiger partial charge in [-0.25, -0.2) is 15.0 Å². The van der Waals surface area contributed by atoms with Crippen LogP contribution in [0.2, 0.25) is 0 Å². The second-order valence-corrected chi connectivity index (χ2v) is 4.69. The molecule has 0 saturated carbocycles. The van der Waals surface area contributed by atoms with Gasteiger partial charge < -0.3 is 10.6 Å². The van der Waals surface area contributed by atoms with Gasteiger partial charge in [-0.1, -0.05) is 30.3 Å². The topological polar surface area (TPSA) is 79.3 Å². The van der Waals surface area contributed by atoms with E-state index in [1.807, 2.05) is 5.32 Å². The summed E-state index contributed by atoms with van der Waals surface area (Å²) in [7, 11) is 0. The molecule has 6 nitrogen and oxygen atoms in total. The molecular weight excluding hydrogens is 311 g/mol. The van der Waals surface area contributed by atoms with Gasteiger partial charge in [-0.15, -0.1) is 0 Å². The van der Waals surface area contributed by atoms with Crippen LogP contribution >= 0.6 is 0 Å². The molecule has 3 rings (SSSR count). The van der Waals surface area contributed by atoms with Gasteiger partial charge in [-0.05, 0) is 6.07 Å². The molecule has 2 heterocycles. The number of rotatable bonds is 3. The first-order valence-corrected chi connectivity index (χ1v) is 6.51. The molecule has 0 saturated heterocycles. The number of carbonyl (C=O) groups is 1. The molecule has 1 aromatic carbocycles. The average Bonchev–Trinajstić information content (AvgIpc) is 2.87. The maximum atomic E-state index is 13.6. The van der Waals surface area contributed by atoms with E-state index in [-0.39, 0.29) is 11.8 Å². The van der Waals surface area contributed by atoms with Gasteiger partial charge in [0.15, 0.2) is 0 Å². The Labute approximate surface area is 128 Å². The van der Waals surface area contributed by atoms with Gasteiger partial charge in [0.05, 0.1) is 0 Å². The Morgan fingerprint density at radius 2 is 1.70 bits per heavy atom. The molecule has 2 N–H and O–H groups in total. The van der Waals surface area contributed by atoms with Crippen LogP contribution in [0.5, 0.6) is 0 Å². The first kappa shape index (κ1) is 14.9. The van der Waals surface area contributed by atoms with Crippen molar-refractivity contribution in [2.24, 2.45) is 4.99 Å². The van der Waals surface area contributed by atoms with Gasteiger partial charge in [-0.2, -0.15) is 13.2 Å². The molecule has 0 radical (unpaired) electrons. The van der Waals surface area contributed by atoms with E-state index in [0.29, 0.717) is 5.56 Å². The normalized spacial score (nSPS) is 20.8. The lowest BCUT2D eigenvalue weighted by molar-refractivity contribution is -0.181. The van der Waals surface area contributed by atoms with Gasteiger partial charge in [0.25, 0.3) is 5.91 Å². The number of carbonyl (C=O) groups excluding carboxylic acids is 1. The minimum absolute atomic E-state index is 0.170. The molecule has 9 heteroatoms. The minimum Gasteiger partial charge on any atom is -0.314 e. The molecule has 2 aromatic rings. The number of hydrogen-bond acceptors (Lipinski definition) is 5. The van der Waals surface area contributed by atoms with E-state index < -0.39 is 17.7 Å². The van der Waals surface area contributed by atoms with E-state index in [2.05, 4.69) is 20.3 Å². The Bertz CT molecular complexity index is 748. The SMILES string of the molecule is O=C1NC(c2ccccc2)=N[C@@]1(Nc1ncccn1)C(F)(F)F. The van der Waals surface area contributed by atoms with Crippen molar-refractivity contribution in [2.45, 2.75) is 11.8 Å². The zero-order valence-electron chi connectivity index (χ0n) is 11.5. The van der Waals surface area contributed by atoms with Crippen LogP contribution in [0.15, 0.2) is 53.8 Å². The summed E-state index contributed by atoms with van der Waals surface area (Å²) in [6.45, 7) is 0. The Kier molecular flexibility index (Phi) is 3.47. The molecule has 1 aliphatic rings. The third kappa shape index (κ3) is 2.60. The fourth-order valence-corrected chi connectivity index (χ4v) is 2.05. The van der Waals surface area contributed by atoms with E-state index in [0.717, 1.165) is 0 Å². The van der Waals surface area contributed by atoms with Crippen LogP contribution in [0.25, 0.3) is 0 Å². The average molecular weight is 321 g/mol. The number of nitrogens with one attached hydrogen (secondary N) is 2. The lowest BCUT2D eigenvalue weighted by Crippen LogP contribution is -2.57. The molecule has 1 atom stereocenters. The lowest BCUT2D eigenvalue weighted by Gasteiger charge is -2.26. The molecule has 1 aromatic heterocycles. The van der Waals surface area contributed by atoms with Crippen LogP contribution in [0.3, 0.4) is 0 Å². The van der Waals surface area contributed by atoms with E-state index in [4.69, 9.17) is 0 Å². The van der Waals surface area contributed by atoms with Crippen LogP contribution in [-0.2, 0) is 4.79 Å². The number of amidine groups is 1. The quantitative estimate of drug-likeness (QED) is 0.902. The molecule has 118 valence electrons. The smallest absolute Gasteiger partial charge is 0.314 e. The summed E-state index contributed by atoms with van der Waals surface area (Å²) in [5.74, 6) is -1.86. The standard InChI is InChI=1S/C14H10F3N5O/c15-14(16,17)13(22-12-18-7-4-8-19-12)11(23)20-10(21-13)9-5-2-1-3-6-9/h1-8H,(H,18,19,22)(H,20,21,23)/t13-/m0/s1. The van der Waals surface area contributed by atoms with Crippen LogP contribution in [0.1, 0.15) is 5.56 Å². The molecule has 1 amide bonds. The first-order valence-electron chi connectivity index (χ1n) is 6.51. The van der Waals surface area contributed by atoms with Crippen molar-refractivity contribution in [3.05, 3.63) is 54.4 Å². The largest absolute Gasteiger partial charge is 0.442 e. The van der Waals surface area contributed by atoms with Crippen molar-refractivity contribution in [3.8, 4) is 0 Å². The molecule has 0 unspecified atom stereocenters. The highest BCUT2D eigenvalue weighted by Gasteiger charge is 2.64. The van der Waals surface area contributed by atoms with Crippen molar-refractivity contribution in [2.75, 3.05) is 5.32 Å². The number of benzene rings is 1. The number of alkyl halides is 3. The zero-order valence-corrected chi connectivity index (χ0v) is 11.5. The Morgan fingerprint density at radius 3 is 2.30 bits per heavy atom. The Balaban J connectivity index is 2.06. The predicted octanol–water partition coefficient (Wildman–Crippen LogP) is 1.72. The van der Waals surface area contributed by atoms with Crippen molar-refractivity contribution >= 4 is 17.7 Å². The van der Waals surface area contributed by atoms with Gasteiger partial charge >= 0.3 is 11.8 Å². The fraction of sp³-hybridized carbons (Fsp3) is 0.143. The van der Waals surface area contributed by atoms with E-state index in [1.165, 1.54) is 18.5 Å².